The van der Waals surface area contributed by atoms with Gasteiger partial charge in [-0.1, -0.05) is 48.0 Å². The molecule has 1 aliphatic rings. The van der Waals surface area contributed by atoms with E-state index in [0.29, 0.717) is 6.04 Å². The first kappa shape index (κ1) is 23.1. The highest BCUT2D eigenvalue weighted by atomic mass is 16.5. The van der Waals surface area contributed by atoms with Gasteiger partial charge in [-0.3, -0.25) is 0 Å². The summed E-state index contributed by atoms with van der Waals surface area (Å²) >= 11 is 0. The lowest BCUT2D eigenvalue weighted by atomic mass is 10.1. The number of rotatable bonds is 5. The van der Waals surface area contributed by atoms with Crippen LogP contribution >= 0.6 is 0 Å². The van der Waals surface area contributed by atoms with Gasteiger partial charge in [-0.05, 0) is 55.8 Å². The van der Waals surface area contributed by atoms with Crippen LogP contribution in [0.1, 0.15) is 12.5 Å². The molecule has 2 aromatic heterocycles. The first-order valence-electron chi connectivity index (χ1n) is 12.8. The first-order chi connectivity index (χ1) is 18.1. The molecule has 6 rings (SSSR count). The fourth-order valence-corrected chi connectivity index (χ4v) is 5.33. The third-order valence-corrected chi connectivity index (χ3v) is 7.29. The van der Waals surface area contributed by atoms with E-state index in [1.54, 1.807) is 13.4 Å². The Balaban J connectivity index is 1.43. The molecule has 0 N–H and O–H groups in total. The number of fused-ring (bicyclic) bond motifs is 1. The summed E-state index contributed by atoms with van der Waals surface area (Å²) < 4.78 is 7.54. The number of hydrogen-bond acceptors (Lipinski definition) is 5. The van der Waals surface area contributed by atoms with Crippen molar-refractivity contribution in [1.82, 2.24) is 14.5 Å². The van der Waals surface area contributed by atoms with E-state index < -0.39 is 0 Å². The van der Waals surface area contributed by atoms with Crippen molar-refractivity contribution in [3.05, 3.63) is 97.0 Å². The number of piperazine rings is 1. The predicted octanol–water partition coefficient (Wildman–Crippen LogP) is 6.12. The molecule has 3 heterocycles. The van der Waals surface area contributed by atoms with Crippen molar-refractivity contribution in [3.8, 4) is 22.6 Å². The molecule has 0 radical (unpaired) electrons. The van der Waals surface area contributed by atoms with Gasteiger partial charge in [0.05, 0.1) is 12.5 Å². The monoisotopic (exact) mass is 489 g/mol. The molecule has 3 aromatic carbocycles. The molecule has 1 saturated heterocycles. The fourth-order valence-electron chi connectivity index (χ4n) is 5.33. The van der Waals surface area contributed by atoms with Gasteiger partial charge in [-0.2, -0.15) is 0 Å². The number of aromatic nitrogens is 3. The molecule has 1 aliphatic heterocycles. The van der Waals surface area contributed by atoms with Crippen LogP contribution in [0.25, 0.3) is 27.8 Å². The Kier molecular flexibility index (Phi) is 6.01. The minimum absolute atomic E-state index is 0.352. The highest BCUT2D eigenvalue weighted by Gasteiger charge is 2.28. The minimum Gasteiger partial charge on any atom is -0.497 e. The van der Waals surface area contributed by atoms with Crippen molar-refractivity contribution < 1.29 is 4.74 Å². The molecule has 1 fully saturated rings. The van der Waals surface area contributed by atoms with Gasteiger partial charge >= 0.3 is 0 Å². The number of methoxy groups -OCH3 is 1. The van der Waals surface area contributed by atoms with Crippen molar-refractivity contribution >= 4 is 22.5 Å². The SMILES string of the molecule is COc1ccc(-n2cc(-c3ccccc3)c3c(N4CCN(c5ccc(C)cc5)C(C)C4)ncnc32)cc1. The molecular formula is C31H31N5O. The van der Waals surface area contributed by atoms with E-state index in [9.17, 15) is 0 Å². The van der Waals surface area contributed by atoms with Crippen LogP contribution in [0.15, 0.2) is 91.4 Å². The van der Waals surface area contributed by atoms with E-state index in [-0.39, 0.29) is 0 Å². The Morgan fingerprint density at radius 1 is 0.838 bits per heavy atom. The maximum Gasteiger partial charge on any atom is 0.150 e. The van der Waals surface area contributed by atoms with Gasteiger partial charge < -0.3 is 19.1 Å². The molecule has 0 spiro atoms. The number of hydrogen-bond donors (Lipinski definition) is 0. The minimum atomic E-state index is 0.352. The molecule has 1 atom stereocenters. The van der Waals surface area contributed by atoms with Crippen LogP contribution in [-0.2, 0) is 0 Å². The van der Waals surface area contributed by atoms with Crippen molar-refractivity contribution in [1.29, 1.82) is 0 Å². The molecule has 186 valence electrons. The van der Waals surface area contributed by atoms with E-state index in [4.69, 9.17) is 14.7 Å². The van der Waals surface area contributed by atoms with Gasteiger partial charge in [0.25, 0.3) is 0 Å². The number of nitrogens with zero attached hydrogens (tertiary/aromatic N) is 5. The highest BCUT2D eigenvalue weighted by molar-refractivity contribution is 6.02. The van der Waals surface area contributed by atoms with Crippen LogP contribution in [0, 0.1) is 6.92 Å². The Morgan fingerprint density at radius 2 is 1.57 bits per heavy atom. The lowest BCUT2D eigenvalue weighted by Gasteiger charge is -2.42. The van der Waals surface area contributed by atoms with Gasteiger partial charge in [-0.15, -0.1) is 0 Å². The summed E-state index contributed by atoms with van der Waals surface area (Å²) in [7, 11) is 1.69. The Morgan fingerprint density at radius 3 is 2.27 bits per heavy atom. The van der Waals surface area contributed by atoms with Crippen LogP contribution in [0.5, 0.6) is 5.75 Å². The van der Waals surface area contributed by atoms with Crippen LogP contribution in [0.3, 0.4) is 0 Å². The molecule has 37 heavy (non-hydrogen) atoms. The second-order valence-corrected chi connectivity index (χ2v) is 9.70. The smallest absolute Gasteiger partial charge is 0.150 e. The second kappa shape index (κ2) is 9.62. The average Bonchev–Trinajstić information content (AvgIpc) is 3.34. The molecule has 6 nitrogen and oxygen atoms in total. The molecular weight excluding hydrogens is 458 g/mol. The summed E-state index contributed by atoms with van der Waals surface area (Å²) in [6, 6.07) is 27.8. The van der Waals surface area contributed by atoms with Gasteiger partial charge in [-0.25, -0.2) is 9.97 Å². The molecule has 6 heteroatoms. The highest BCUT2D eigenvalue weighted by Crippen LogP contribution is 2.37. The summed E-state index contributed by atoms with van der Waals surface area (Å²) in [5.74, 6) is 1.82. The Labute approximate surface area is 217 Å². The zero-order valence-electron chi connectivity index (χ0n) is 21.5. The van der Waals surface area contributed by atoms with Gasteiger partial charge in [0.15, 0.2) is 5.65 Å². The van der Waals surface area contributed by atoms with Gasteiger partial charge in [0.1, 0.15) is 17.9 Å². The van der Waals surface area contributed by atoms with Crippen molar-refractivity contribution in [2.45, 2.75) is 19.9 Å². The molecule has 0 aliphatic carbocycles. The summed E-state index contributed by atoms with van der Waals surface area (Å²) in [5, 5.41) is 1.08. The molecule has 0 saturated carbocycles. The Bertz CT molecular complexity index is 1510. The normalized spacial score (nSPS) is 15.8. The van der Waals surface area contributed by atoms with E-state index in [2.05, 4.69) is 101 Å². The van der Waals surface area contributed by atoms with E-state index in [1.807, 2.05) is 12.1 Å². The maximum atomic E-state index is 5.38. The molecule has 0 amide bonds. The third-order valence-electron chi connectivity index (χ3n) is 7.29. The number of aryl methyl sites for hydroxylation is 1. The van der Waals surface area contributed by atoms with Crippen LogP contribution < -0.4 is 14.5 Å². The van der Waals surface area contributed by atoms with Crippen molar-refractivity contribution in [2.75, 3.05) is 36.5 Å². The topological polar surface area (TPSA) is 46.4 Å². The lowest BCUT2D eigenvalue weighted by Crippen LogP contribution is -2.52. The summed E-state index contributed by atoms with van der Waals surface area (Å²) in [6.45, 7) is 7.16. The molecule has 1 unspecified atom stereocenters. The van der Waals surface area contributed by atoms with E-state index in [1.165, 1.54) is 11.3 Å². The van der Waals surface area contributed by atoms with E-state index >= 15 is 0 Å². The average molecular weight is 490 g/mol. The molecule has 5 aromatic rings. The van der Waals surface area contributed by atoms with E-state index in [0.717, 1.165) is 59.0 Å². The number of anilines is 2. The van der Waals surface area contributed by atoms with Crippen LogP contribution in [0.2, 0.25) is 0 Å². The van der Waals surface area contributed by atoms with Crippen LogP contribution in [0.4, 0.5) is 11.5 Å². The largest absolute Gasteiger partial charge is 0.497 e. The Hall–Kier alpha value is -4.32. The van der Waals surface area contributed by atoms with Crippen LogP contribution in [-0.4, -0.2) is 47.3 Å². The zero-order chi connectivity index (χ0) is 25.4. The fraction of sp³-hybridized carbons (Fsp3) is 0.226. The van der Waals surface area contributed by atoms with Gasteiger partial charge in [0.2, 0.25) is 0 Å². The summed E-state index contributed by atoms with van der Waals surface area (Å²) in [5.41, 5.74) is 6.80. The third kappa shape index (κ3) is 4.29. The summed E-state index contributed by atoms with van der Waals surface area (Å²) in [4.78, 5) is 14.5. The maximum absolute atomic E-state index is 5.38. The molecule has 0 bridgehead atoms. The predicted molar refractivity (Wildman–Crippen MR) is 151 cm³/mol. The standard InChI is InChI=1S/C31H31N5O/c1-22-9-11-25(12-10-22)35-18-17-34(19-23(35)2)30-29-28(24-7-5-4-6-8-24)20-36(31(29)33-21-32-30)26-13-15-27(37-3)16-14-26/h4-16,20-21,23H,17-19H2,1-3H3. The second-order valence-electron chi connectivity index (χ2n) is 9.70. The summed E-state index contributed by atoms with van der Waals surface area (Å²) in [6.07, 6.45) is 3.88. The zero-order valence-corrected chi connectivity index (χ0v) is 21.5. The lowest BCUT2D eigenvalue weighted by molar-refractivity contribution is 0.415. The quantitative estimate of drug-likeness (QED) is 0.298. The van der Waals surface area contributed by atoms with Crippen molar-refractivity contribution in [2.24, 2.45) is 0 Å². The first-order valence-corrected chi connectivity index (χ1v) is 12.8. The number of ether oxygens (including phenoxy) is 1. The number of benzene rings is 3. The van der Waals surface area contributed by atoms with Gasteiger partial charge in [0, 0.05) is 48.8 Å². The van der Waals surface area contributed by atoms with Crippen molar-refractivity contribution in [3.63, 3.8) is 0 Å².